The van der Waals surface area contributed by atoms with E-state index in [0.717, 1.165) is 6.42 Å². The summed E-state index contributed by atoms with van der Waals surface area (Å²) in [6, 6.07) is 4.37. The van der Waals surface area contributed by atoms with E-state index >= 15 is 0 Å². The van der Waals surface area contributed by atoms with Crippen LogP contribution in [0.4, 0.5) is 0 Å². The minimum Gasteiger partial charge on any atom is -0.345 e. The van der Waals surface area contributed by atoms with Crippen molar-refractivity contribution in [1.29, 1.82) is 0 Å². The molecule has 0 aliphatic heterocycles. The van der Waals surface area contributed by atoms with Gasteiger partial charge in [-0.2, -0.15) is 0 Å². The predicted octanol–water partition coefficient (Wildman–Crippen LogP) is 2.59. The Hall–Kier alpha value is -1.64. The maximum atomic E-state index is 11.7. The van der Waals surface area contributed by atoms with Gasteiger partial charge in [0.2, 0.25) is 5.91 Å². The summed E-state index contributed by atoms with van der Waals surface area (Å²) in [5.74, 6) is -0.187. The van der Waals surface area contributed by atoms with Crippen molar-refractivity contribution in [1.82, 2.24) is 4.90 Å². The van der Waals surface area contributed by atoms with Crippen molar-refractivity contribution < 1.29 is 9.59 Å². The molecule has 0 saturated carbocycles. The Kier molecular flexibility index (Phi) is 5.28. The maximum absolute atomic E-state index is 11.7. The second-order valence-electron chi connectivity index (χ2n) is 5.31. The number of aryl methyl sites for hydroxylation is 3. The lowest BCUT2D eigenvalue weighted by Gasteiger charge is -2.18. The molecule has 0 bridgehead atoms. The third kappa shape index (κ3) is 4.51. The van der Waals surface area contributed by atoms with E-state index in [1.165, 1.54) is 29.2 Å². The van der Waals surface area contributed by atoms with E-state index in [1.807, 2.05) is 0 Å². The largest absolute Gasteiger partial charge is 0.345 e. The molecule has 0 heterocycles. The summed E-state index contributed by atoms with van der Waals surface area (Å²) in [5, 5.41) is 0. The normalized spacial score (nSPS) is 10.4. The van der Waals surface area contributed by atoms with E-state index in [2.05, 4.69) is 32.9 Å². The van der Waals surface area contributed by atoms with Gasteiger partial charge in [-0.05, 0) is 56.4 Å². The summed E-state index contributed by atoms with van der Waals surface area (Å²) < 4.78 is 0. The minimum atomic E-state index is -0.103. The molecule has 0 atom stereocenters. The van der Waals surface area contributed by atoms with Crippen LogP contribution in [-0.2, 0) is 16.0 Å². The highest BCUT2D eigenvalue weighted by Gasteiger charge is 2.11. The Morgan fingerprint density at radius 1 is 1.05 bits per heavy atom. The number of benzene rings is 1. The molecule has 1 aromatic rings. The highest BCUT2D eigenvalue weighted by molar-refractivity contribution is 5.96. The molecule has 1 amide bonds. The van der Waals surface area contributed by atoms with Crippen molar-refractivity contribution in [2.45, 2.75) is 40.5 Å². The molecule has 1 aromatic carbocycles. The molecule has 0 aliphatic carbocycles. The molecule has 0 N–H and O–H groups in total. The van der Waals surface area contributed by atoms with E-state index < -0.39 is 0 Å². The summed E-state index contributed by atoms with van der Waals surface area (Å²) in [6.45, 7) is 8.39. The van der Waals surface area contributed by atoms with Crippen LogP contribution in [-0.4, -0.2) is 30.2 Å². The van der Waals surface area contributed by atoms with Gasteiger partial charge in [0.25, 0.3) is 0 Å². The molecule has 0 saturated heterocycles. The Bertz CT molecular complexity index is 492. The van der Waals surface area contributed by atoms with Gasteiger partial charge in [-0.15, -0.1) is 0 Å². The molecule has 0 aliphatic rings. The number of hydrogen-bond acceptors (Lipinski definition) is 2. The Balaban J connectivity index is 2.64. The molecule has 0 unspecified atom stereocenters. The Morgan fingerprint density at radius 3 is 2.21 bits per heavy atom. The third-order valence-corrected chi connectivity index (χ3v) is 3.49. The van der Waals surface area contributed by atoms with Gasteiger partial charge in [-0.3, -0.25) is 9.59 Å². The van der Waals surface area contributed by atoms with Crippen LogP contribution in [0.2, 0.25) is 0 Å². The number of hydrogen-bond donors (Lipinski definition) is 0. The van der Waals surface area contributed by atoms with Crippen LogP contribution in [0.25, 0.3) is 0 Å². The van der Waals surface area contributed by atoms with E-state index in [-0.39, 0.29) is 18.1 Å². The van der Waals surface area contributed by atoms with Crippen molar-refractivity contribution in [2.24, 2.45) is 0 Å². The van der Waals surface area contributed by atoms with Gasteiger partial charge in [-0.25, -0.2) is 0 Å². The van der Waals surface area contributed by atoms with Crippen molar-refractivity contribution in [3.05, 3.63) is 34.4 Å². The van der Waals surface area contributed by atoms with Crippen molar-refractivity contribution in [3.63, 3.8) is 0 Å². The average Bonchev–Trinajstić information content (AvgIpc) is 2.30. The van der Waals surface area contributed by atoms with Gasteiger partial charge in [0.1, 0.15) is 5.78 Å². The predicted molar refractivity (Wildman–Crippen MR) is 77.3 cm³/mol. The van der Waals surface area contributed by atoms with Gasteiger partial charge in [0, 0.05) is 13.6 Å². The summed E-state index contributed by atoms with van der Waals surface area (Å²) >= 11 is 0. The van der Waals surface area contributed by atoms with Crippen LogP contribution in [0.3, 0.4) is 0 Å². The first-order valence-electron chi connectivity index (χ1n) is 6.61. The quantitative estimate of drug-likeness (QED) is 0.764. The van der Waals surface area contributed by atoms with Crippen molar-refractivity contribution >= 4 is 11.7 Å². The molecule has 0 radical (unpaired) electrons. The topological polar surface area (TPSA) is 37.4 Å². The first-order valence-corrected chi connectivity index (χ1v) is 6.61. The van der Waals surface area contributed by atoms with Crippen molar-refractivity contribution in [2.75, 3.05) is 13.6 Å². The van der Waals surface area contributed by atoms with Crippen LogP contribution in [0.15, 0.2) is 12.1 Å². The summed E-state index contributed by atoms with van der Waals surface area (Å²) in [7, 11) is 1.75. The second kappa shape index (κ2) is 6.50. The Morgan fingerprint density at radius 2 is 1.63 bits per heavy atom. The number of carbonyl (C=O) groups excluding carboxylic acids is 2. The first-order chi connectivity index (χ1) is 8.81. The zero-order valence-corrected chi connectivity index (χ0v) is 12.5. The second-order valence-corrected chi connectivity index (χ2v) is 5.31. The SMILES string of the molecule is CC(=O)CC(=O)N(C)CCc1cc(C)c(C)cc1C. The average molecular weight is 261 g/mol. The molecule has 0 fully saturated rings. The zero-order valence-electron chi connectivity index (χ0n) is 12.5. The Labute approximate surface area is 115 Å². The number of amides is 1. The van der Waals surface area contributed by atoms with E-state index in [0.29, 0.717) is 6.54 Å². The smallest absolute Gasteiger partial charge is 0.229 e. The highest BCUT2D eigenvalue weighted by Crippen LogP contribution is 2.16. The fourth-order valence-electron chi connectivity index (χ4n) is 2.05. The third-order valence-electron chi connectivity index (χ3n) is 3.49. The lowest BCUT2D eigenvalue weighted by atomic mass is 9.99. The monoisotopic (exact) mass is 261 g/mol. The number of rotatable bonds is 5. The minimum absolute atomic E-state index is 0.00239. The molecular weight excluding hydrogens is 238 g/mol. The molecule has 1 rings (SSSR count). The van der Waals surface area contributed by atoms with Crippen LogP contribution in [0, 0.1) is 20.8 Å². The van der Waals surface area contributed by atoms with Crippen LogP contribution < -0.4 is 0 Å². The number of ketones is 1. The number of likely N-dealkylation sites (N-methyl/N-ethyl adjacent to an activating group) is 1. The summed E-state index contributed by atoms with van der Waals surface area (Å²) in [6.07, 6.45) is 0.829. The van der Waals surface area contributed by atoms with Gasteiger partial charge in [0.15, 0.2) is 0 Å². The van der Waals surface area contributed by atoms with Crippen LogP contribution in [0.1, 0.15) is 35.6 Å². The molecular formula is C16H23NO2. The molecule has 3 heteroatoms. The number of Topliss-reactive ketones (excluding diaryl/α,β-unsaturated/α-hetero) is 1. The van der Waals surface area contributed by atoms with Gasteiger partial charge in [-0.1, -0.05) is 12.1 Å². The summed E-state index contributed by atoms with van der Waals surface area (Å²) in [5.41, 5.74) is 5.10. The van der Waals surface area contributed by atoms with Crippen LogP contribution >= 0.6 is 0 Å². The lowest BCUT2D eigenvalue weighted by molar-refractivity contribution is -0.133. The van der Waals surface area contributed by atoms with Gasteiger partial charge in [0.05, 0.1) is 6.42 Å². The molecule has 0 spiro atoms. The van der Waals surface area contributed by atoms with Gasteiger partial charge >= 0.3 is 0 Å². The fourth-order valence-corrected chi connectivity index (χ4v) is 2.05. The van der Waals surface area contributed by atoms with Gasteiger partial charge < -0.3 is 4.90 Å². The molecule has 104 valence electrons. The molecule has 19 heavy (non-hydrogen) atoms. The molecule has 3 nitrogen and oxygen atoms in total. The molecule has 0 aromatic heterocycles. The fraction of sp³-hybridized carbons (Fsp3) is 0.500. The zero-order chi connectivity index (χ0) is 14.6. The van der Waals surface area contributed by atoms with E-state index in [1.54, 1.807) is 11.9 Å². The first kappa shape index (κ1) is 15.4. The van der Waals surface area contributed by atoms with E-state index in [9.17, 15) is 9.59 Å². The van der Waals surface area contributed by atoms with Crippen molar-refractivity contribution in [3.8, 4) is 0 Å². The number of carbonyl (C=O) groups is 2. The number of nitrogens with zero attached hydrogens (tertiary/aromatic N) is 1. The summed E-state index contributed by atoms with van der Waals surface area (Å²) in [4.78, 5) is 24.2. The maximum Gasteiger partial charge on any atom is 0.229 e. The highest BCUT2D eigenvalue weighted by atomic mass is 16.2. The lowest BCUT2D eigenvalue weighted by Crippen LogP contribution is -2.30. The standard InChI is InChI=1S/C16H23NO2/c1-11-8-13(3)15(9-12(11)2)6-7-17(5)16(19)10-14(4)18/h8-9H,6-7,10H2,1-5H3. The van der Waals surface area contributed by atoms with E-state index in [4.69, 9.17) is 0 Å². The van der Waals surface area contributed by atoms with Crippen LogP contribution in [0.5, 0.6) is 0 Å².